The van der Waals surface area contributed by atoms with Crippen molar-refractivity contribution in [1.29, 1.82) is 0 Å². The Morgan fingerprint density at radius 2 is 1.80 bits per heavy atom. The molecule has 1 aliphatic heterocycles. The van der Waals surface area contributed by atoms with Crippen LogP contribution in [0.2, 0.25) is 0 Å². The molecule has 2 nitrogen and oxygen atoms in total. The van der Waals surface area contributed by atoms with Crippen LogP contribution >= 0.6 is 0 Å². The Morgan fingerprint density at radius 3 is 2.35 bits per heavy atom. The second-order valence-corrected chi connectivity index (χ2v) is 4.67. The third-order valence-corrected chi connectivity index (χ3v) is 3.53. The molecule has 4 heteroatoms. The number of hydrogen-bond donors (Lipinski definition) is 0. The fourth-order valence-corrected chi connectivity index (χ4v) is 2.56. The van der Waals surface area contributed by atoms with Crippen LogP contribution in [0.3, 0.4) is 0 Å². The third-order valence-electron chi connectivity index (χ3n) is 3.53. The highest BCUT2D eigenvalue weighted by atomic mass is 19.1. The first-order chi connectivity index (χ1) is 9.69. The van der Waals surface area contributed by atoms with Gasteiger partial charge in [0.2, 0.25) is 0 Å². The van der Waals surface area contributed by atoms with Crippen molar-refractivity contribution in [3.63, 3.8) is 0 Å². The van der Waals surface area contributed by atoms with Crippen LogP contribution < -0.4 is 0 Å². The van der Waals surface area contributed by atoms with Crippen molar-refractivity contribution in [2.45, 2.75) is 38.9 Å². The summed E-state index contributed by atoms with van der Waals surface area (Å²) in [5.41, 5.74) is 1.38. The van der Waals surface area contributed by atoms with Gasteiger partial charge < -0.3 is 9.47 Å². The van der Waals surface area contributed by atoms with Gasteiger partial charge in [-0.1, -0.05) is 19.9 Å². The standard InChI is InChI=1S/C14H14F2O2.C2H6/c15-11-1-2-12(13(16)9-11)10-3-5-14(6-4-10)17-7-8-18-14;1-2/h1-3,9H,4-8H2;1-2H3. The number of benzene rings is 1. The SMILES string of the molecule is CC.Fc1ccc(C2=CCC3(CC2)OCCO3)c(F)c1. The smallest absolute Gasteiger partial charge is 0.172 e. The molecule has 20 heavy (non-hydrogen) atoms. The zero-order valence-electron chi connectivity index (χ0n) is 11.9. The summed E-state index contributed by atoms with van der Waals surface area (Å²) in [5, 5.41) is 0. The summed E-state index contributed by atoms with van der Waals surface area (Å²) in [7, 11) is 0. The molecule has 0 amide bonds. The van der Waals surface area contributed by atoms with E-state index in [0.29, 0.717) is 31.6 Å². The van der Waals surface area contributed by atoms with E-state index in [-0.39, 0.29) is 0 Å². The van der Waals surface area contributed by atoms with Gasteiger partial charge in [-0.05, 0) is 24.1 Å². The van der Waals surface area contributed by atoms with Gasteiger partial charge in [-0.25, -0.2) is 8.78 Å². The molecule has 110 valence electrons. The highest BCUT2D eigenvalue weighted by molar-refractivity contribution is 5.67. The normalized spacial score (nSPS) is 20.3. The topological polar surface area (TPSA) is 18.5 Å². The van der Waals surface area contributed by atoms with E-state index in [1.165, 1.54) is 12.1 Å². The van der Waals surface area contributed by atoms with Crippen LogP contribution in [0.5, 0.6) is 0 Å². The summed E-state index contributed by atoms with van der Waals surface area (Å²) in [6, 6.07) is 3.69. The minimum absolute atomic E-state index is 0.476. The average Bonchev–Trinajstić information content (AvgIpc) is 2.91. The van der Waals surface area contributed by atoms with Gasteiger partial charge in [0.25, 0.3) is 0 Å². The van der Waals surface area contributed by atoms with Gasteiger partial charge in [0.05, 0.1) is 13.2 Å². The van der Waals surface area contributed by atoms with Gasteiger partial charge >= 0.3 is 0 Å². The minimum Gasteiger partial charge on any atom is -0.347 e. The van der Waals surface area contributed by atoms with E-state index in [1.54, 1.807) is 0 Å². The summed E-state index contributed by atoms with van der Waals surface area (Å²) in [6.45, 7) is 5.24. The number of ether oxygens (including phenoxy) is 2. The molecular weight excluding hydrogens is 262 g/mol. The van der Waals surface area contributed by atoms with E-state index in [0.717, 1.165) is 18.1 Å². The Labute approximate surface area is 118 Å². The summed E-state index contributed by atoms with van der Waals surface area (Å²) in [6.07, 6.45) is 3.96. The first-order valence-electron chi connectivity index (χ1n) is 7.11. The van der Waals surface area contributed by atoms with Crippen LogP contribution in [-0.4, -0.2) is 19.0 Å². The molecule has 0 radical (unpaired) electrons. The minimum atomic E-state index is -0.549. The zero-order chi connectivity index (χ0) is 14.6. The zero-order valence-corrected chi connectivity index (χ0v) is 11.9. The first-order valence-corrected chi connectivity index (χ1v) is 7.11. The van der Waals surface area contributed by atoms with Crippen LogP contribution in [0, 0.1) is 11.6 Å². The lowest BCUT2D eigenvalue weighted by molar-refractivity contribution is -0.159. The van der Waals surface area contributed by atoms with E-state index in [1.807, 2.05) is 19.9 Å². The number of rotatable bonds is 1. The lowest BCUT2D eigenvalue weighted by Gasteiger charge is -2.30. The van der Waals surface area contributed by atoms with Crippen molar-refractivity contribution < 1.29 is 18.3 Å². The van der Waals surface area contributed by atoms with Crippen LogP contribution in [-0.2, 0) is 9.47 Å². The third kappa shape index (κ3) is 3.07. The highest BCUT2D eigenvalue weighted by Gasteiger charge is 2.37. The van der Waals surface area contributed by atoms with Gasteiger partial charge in [0, 0.05) is 24.5 Å². The summed E-state index contributed by atoms with van der Waals surface area (Å²) in [5.74, 6) is -1.56. The van der Waals surface area contributed by atoms with E-state index < -0.39 is 17.4 Å². The highest BCUT2D eigenvalue weighted by Crippen LogP contribution is 2.38. The van der Waals surface area contributed by atoms with Gasteiger partial charge in [-0.3, -0.25) is 0 Å². The summed E-state index contributed by atoms with van der Waals surface area (Å²) in [4.78, 5) is 0. The fraction of sp³-hybridized carbons (Fsp3) is 0.500. The average molecular weight is 282 g/mol. The van der Waals surface area contributed by atoms with Gasteiger partial charge in [0.15, 0.2) is 5.79 Å². The largest absolute Gasteiger partial charge is 0.347 e. The Hall–Kier alpha value is -1.26. The van der Waals surface area contributed by atoms with Gasteiger partial charge in [0.1, 0.15) is 11.6 Å². The maximum atomic E-state index is 13.7. The molecule has 3 rings (SSSR count). The molecule has 0 aromatic heterocycles. The van der Waals surface area contributed by atoms with Crippen molar-refractivity contribution in [3.8, 4) is 0 Å². The van der Waals surface area contributed by atoms with Crippen LogP contribution in [0.15, 0.2) is 24.3 Å². The van der Waals surface area contributed by atoms with Crippen molar-refractivity contribution in [3.05, 3.63) is 41.5 Å². The second kappa shape index (κ2) is 6.46. The first kappa shape index (κ1) is 15.1. The predicted octanol–water partition coefficient (Wildman–Crippen LogP) is 4.30. The summed E-state index contributed by atoms with van der Waals surface area (Å²) >= 11 is 0. The molecule has 1 fully saturated rings. The molecule has 1 spiro atoms. The molecule has 1 aromatic carbocycles. The van der Waals surface area contributed by atoms with Crippen molar-refractivity contribution in [2.24, 2.45) is 0 Å². The molecule has 1 heterocycles. The van der Waals surface area contributed by atoms with Gasteiger partial charge in [-0.2, -0.15) is 0 Å². The molecule has 2 aliphatic rings. The van der Waals surface area contributed by atoms with E-state index >= 15 is 0 Å². The van der Waals surface area contributed by atoms with Crippen LogP contribution in [0.4, 0.5) is 8.78 Å². The monoisotopic (exact) mass is 282 g/mol. The fourth-order valence-electron chi connectivity index (χ4n) is 2.56. The van der Waals surface area contributed by atoms with Gasteiger partial charge in [-0.15, -0.1) is 0 Å². The second-order valence-electron chi connectivity index (χ2n) is 4.67. The number of allylic oxidation sites excluding steroid dienone is 1. The molecule has 1 aromatic rings. The molecule has 0 N–H and O–H groups in total. The maximum Gasteiger partial charge on any atom is 0.172 e. The Bertz CT molecular complexity index is 491. The van der Waals surface area contributed by atoms with Crippen molar-refractivity contribution in [1.82, 2.24) is 0 Å². The number of hydrogen-bond acceptors (Lipinski definition) is 2. The molecular formula is C16H20F2O2. The van der Waals surface area contributed by atoms with Crippen molar-refractivity contribution >= 4 is 5.57 Å². The molecule has 1 aliphatic carbocycles. The summed E-state index contributed by atoms with van der Waals surface area (Å²) < 4.78 is 37.7. The predicted molar refractivity (Wildman–Crippen MR) is 74.2 cm³/mol. The molecule has 1 saturated heterocycles. The molecule has 0 saturated carbocycles. The van der Waals surface area contributed by atoms with Crippen LogP contribution in [0.25, 0.3) is 5.57 Å². The Morgan fingerprint density at radius 1 is 1.10 bits per heavy atom. The lowest BCUT2D eigenvalue weighted by Crippen LogP contribution is -2.31. The lowest BCUT2D eigenvalue weighted by atomic mass is 9.89. The molecule has 0 atom stereocenters. The van der Waals surface area contributed by atoms with E-state index in [4.69, 9.17) is 9.47 Å². The molecule has 0 bridgehead atoms. The number of halogens is 2. The quantitative estimate of drug-likeness (QED) is 0.764. The maximum absolute atomic E-state index is 13.7. The van der Waals surface area contributed by atoms with Crippen LogP contribution in [0.1, 0.15) is 38.7 Å². The molecule has 0 unspecified atom stereocenters. The van der Waals surface area contributed by atoms with E-state index in [2.05, 4.69) is 0 Å². The van der Waals surface area contributed by atoms with Crippen molar-refractivity contribution in [2.75, 3.05) is 13.2 Å². The Kier molecular flexibility index (Phi) is 4.89. The van der Waals surface area contributed by atoms with E-state index in [9.17, 15) is 8.78 Å². The Balaban J connectivity index is 0.000000704.